The summed E-state index contributed by atoms with van der Waals surface area (Å²) in [7, 11) is 0. The third-order valence-electron chi connectivity index (χ3n) is 3.88. The Morgan fingerprint density at radius 2 is 2.00 bits per heavy atom. The first kappa shape index (κ1) is 7.60. The van der Waals surface area contributed by atoms with Crippen LogP contribution in [0.15, 0.2) is 0 Å². The fourth-order valence-corrected chi connectivity index (χ4v) is 2.72. The van der Waals surface area contributed by atoms with Gasteiger partial charge in [-0.05, 0) is 42.6 Å². The molecule has 0 aromatic rings. The summed E-state index contributed by atoms with van der Waals surface area (Å²) in [4.78, 5) is 0. The number of nitrogens with two attached hydrogens (primary N) is 1. The summed E-state index contributed by atoms with van der Waals surface area (Å²) < 4.78 is 0. The molecule has 0 aliphatic heterocycles. The Morgan fingerprint density at radius 3 is 2.36 bits per heavy atom. The van der Waals surface area contributed by atoms with Crippen LogP contribution in [0.4, 0.5) is 0 Å². The van der Waals surface area contributed by atoms with E-state index < -0.39 is 0 Å². The molecule has 0 amide bonds. The average molecular weight is 153 g/mol. The maximum absolute atomic E-state index is 5.65. The second-order valence-electron chi connectivity index (χ2n) is 4.42. The van der Waals surface area contributed by atoms with Crippen LogP contribution in [-0.4, -0.2) is 6.54 Å². The van der Waals surface area contributed by atoms with Gasteiger partial charge < -0.3 is 5.73 Å². The minimum Gasteiger partial charge on any atom is -0.330 e. The van der Waals surface area contributed by atoms with Gasteiger partial charge in [0.15, 0.2) is 0 Å². The molecule has 0 aromatic carbocycles. The van der Waals surface area contributed by atoms with Crippen molar-refractivity contribution in [2.75, 3.05) is 6.54 Å². The lowest BCUT2D eigenvalue weighted by atomic mass is 9.93. The molecular weight excluding hydrogens is 134 g/mol. The normalized spacial score (nSPS) is 48.3. The largest absolute Gasteiger partial charge is 0.330 e. The lowest BCUT2D eigenvalue weighted by Crippen LogP contribution is -2.16. The van der Waals surface area contributed by atoms with E-state index in [1.807, 2.05) is 0 Å². The quantitative estimate of drug-likeness (QED) is 0.655. The number of hydrogen-bond acceptors (Lipinski definition) is 1. The molecule has 2 N–H and O–H groups in total. The van der Waals surface area contributed by atoms with Crippen LogP contribution in [0, 0.1) is 29.6 Å². The van der Waals surface area contributed by atoms with Crippen LogP contribution in [0.5, 0.6) is 0 Å². The van der Waals surface area contributed by atoms with Gasteiger partial charge in [0.2, 0.25) is 0 Å². The zero-order valence-electron chi connectivity index (χ0n) is 7.59. The summed E-state index contributed by atoms with van der Waals surface area (Å²) in [5, 5.41) is 0. The Balaban J connectivity index is 1.68. The van der Waals surface area contributed by atoms with Crippen molar-refractivity contribution in [1.29, 1.82) is 0 Å². The van der Waals surface area contributed by atoms with Crippen molar-refractivity contribution in [3.05, 3.63) is 0 Å². The summed E-state index contributed by atoms with van der Waals surface area (Å²) in [6, 6.07) is 0. The summed E-state index contributed by atoms with van der Waals surface area (Å²) in [6.07, 6.45) is 2.70. The van der Waals surface area contributed by atoms with Gasteiger partial charge in [0, 0.05) is 0 Å². The van der Waals surface area contributed by atoms with Gasteiger partial charge in [0.1, 0.15) is 0 Å². The number of fused-ring (bicyclic) bond motifs is 1. The van der Waals surface area contributed by atoms with Gasteiger partial charge in [-0.15, -0.1) is 0 Å². The van der Waals surface area contributed by atoms with E-state index >= 15 is 0 Å². The molecular formula is C10H19N. The van der Waals surface area contributed by atoms with E-state index in [4.69, 9.17) is 5.73 Å². The van der Waals surface area contributed by atoms with Crippen LogP contribution in [0.2, 0.25) is 0 Å². The highest BCUT2D eigenvalue weighted by molar-refractivity contribution is 5.17. The highest BCUT2D eigenvalue weighted by atomic mass is 14.7. The van der Waals surface area contributed by atoms with Crippen LogP contribution < -0.4 is 5.73 Å². The molecule has 3 unspecified atom stereocenters. The monoisotopic (exact) mass is 153 g/mol. The second-order valence-corrected chi connectivity index (χ2v) is 4.42. The molecule has 0 aromatic heterocycles. The van der Waals surface area contributed by atoms with E-state index in [1.165, 1.54) is 12.8 Å². The van der Waals surface area contributed by atoms with E-state index in [2.05, 4.69) is 13.8 Å². The van der Waals surface area contributed by atoms with Crippen molar-refractivity contribution in [2.45, 2.75) is 26.7 Å². The summed E-state index contributed by atoms with van der Waals surface area (Å²) in [5.74, 6) is 5.26. The molecule has 2 saturated carbocycles. The Bertz CT molecular complexity index is 141. The van der Waals surface area contributed by atoms with Crippen molar-refractivity contribution in [2.24, 2.45) is 35.3 Å². The molecule has 2 aliphatic carbocycles. The first-order chi connectivity index (χ1) is 5.29. The summed E-state index contributed by atoms with van der Waals surface area (Å²) >= 11 is 0. The lowest BCUT2D eigenvalue weighted by molar-refractivity contribution is 0.372. The van der Waals surface area contributed by atoms with Crippen molar-refractivity contribution >= 4 is 0 Å². The smallest absolute Gasteiger partial charge is 0.00489 e. The molecule has 11 heavy (non-hydrogen) atoms. The predicted octanol–water partition coefficient (Wildman–Crippen LogP) is 1.87. The lowest BCUT2D eigenvalue weighted by Gasteiger charge is -2.15. The van der Waals surface area contributed by atoms with Gasteiger partial charge in [-0.25, -0.2) is 0 Å². The molecule has 0 spiro atoms. The summed E-state index contributed by atoms with van der Waals surface area (Å²) in [6.45, 7) is 5.55. The Morgan fingerprint density at radius 1 is 1.36 bits per heavy atom. The third-order valence-corrected chi connectivity index (χ3v) is 3.88. The van der Waals surface area contributed by atoms with E-state index in [0.29, 0.717) is 0 Å². The van der Waals surface area contributed by atoms with Crippen LogP contribution in [0.3, 0.4) is 0 Å². The van der Waals surface area contributed by atoms with Crippen LogP contribution >= 0.6 is 0 Å². The molecule has 0 heterocycles. The van der Waals surface area contributed by atoms with Gasteiger partial charge in [-0.2, -0.15) is 0 Å². The Labute approximate surface area is 69.4 Å². The molecule has 1 nitrogen and oxygen atoms in total. The van der Waals surface area contributed by atoms with E-state index in [9.17, 15) is 0 Å². The van der Waals surface area contributed by atoms with Crippen molar-refractivity contribution < 1.29 is 0 Å². The highest BCUT2D eigenvalue weighted by Crippen LogP contribution is 2.74. The first-order valence-electron chi connectivity index (χ1n) is 4.99. The van der Waals surface area contributed by atoms with Gasteiger partial charge in [0.25, 0.3) is 0 Å². The van der Waals surface area contributed by atoms with Crippen LogP contribution in [0.25, 0.3) is 0 Å². The van der Waals surface area contributed by atoms with Gasteiger partial charge in [-0.3, -0.25) is 0 Å². The van der Waals surface area contributed by atoms with E-state index in [1.54, 1.807) is 0 Å². The van der Waals surface area contributed by atoms with Gasteiger partial charge in [-0.1, -0.05) is 20.3 Å². The molecule has 0 saturated heterocycles. The standard InChI is InChI=1S/C10H19N/c1-3-7(5-11)4-8-9-6(2)10(8)9/h6-10H,3-5,11H2,1-2H3. The van der Waals surface area contributed by atoms with Gasteiger partial charge >= 0.3 is 0 Å². The minimum atomic E-state index is 0.819. The minimum absolute atomic E-state index is 0.819. The maximum Gasteiger partial charge on any atom is -0.00489 e. The van der Waals surface area contributed by atoms with Crippen molar-refractivity contribution in [3.8, 4) is 0 Å². The van der Waals surface area contributed by atoms with E-state index in [0.717, 1.165) is 36.1 Å². The predicted molar refractivity (Wildman–Crippen MR) is 47.1 cm³/mol. The molecule has 2 rings (SSSR count). The number of hydrogen-bond donors (Lipinski definition) is 1. The van der Waals surface area contributed by atoms with Crippen molar-refractivity contribution in [1.82, 2.24) is 0 Å². The first-order valence-corrected chi connectivity index (χ1v) is 4.99. The zero-order valence-corrected chi connectivity index (χ0v) is 7.59. The highest BCUT2D eigenvalue weighted by Gasteiger charge is 2.70. The fourth-order valence-electron chi connectivity index (χ4n) is 2.72. The maximum atomic E-state index is 5.65. The zero-order chi connectivity index (χ0) is 8.01. The molecule has 2 fully saturated rings. The van der Waals surface area contributed by atoms with Gasteiger partial charge in [0.05, 0.1) is 0 Å². The fraction of sp³-hybridized carbons (Fsp3) is 1.00. The molecule has 2 aliphatic rings. The van der Waals surface area contributed by atoms with Crippen LogP contribution in [0.1, 0.15) is 26.7 Å². The Hall–Kier alpha value is -0.0400. The second kappa shape index (κ2) is 2.48. The SMILES string of the molecule is CCC(CN)CC1C2C(C)C12. The molecule has 3 atom stereocenters. The molecule has 0 radical (unpaired) electrons. The van der Waals surface area contributed by atoms with E-state index in [-0.39, 0.29) is 0 Å². The Kier molecular flexibility index (Phi) is 1.71. The van der Waals surface area contributed by atoms with Crippen LogP contribution in [-0.2, 0) is 0 Å². The average Bonchev–Trinajstić information content (AvgIpc) is 2.88. The molecule has 1 heteroatoms. The topological polar surface area (TPSA) is 26.0 Å². The molecule has 0 bridgehead atoms. The molecule has 64 valence electrons. The van der Waals surface area contributed by atoms with Crippen molar-refractivity contribution in [3.63, 3.8) is 0 Å². The summed E-state index contributed by atoms with van der Waals surface area (Å²) in [5.41, 5.74) is 5.65. The number of rotatable bonds is 4. The third kappa shape index (κ3) is 1.10.